The van der Waals surface area contributed by atoms with Gasteiger partial charge in [-0.3, -0.25) is 14.4 Å². The van der Waals surface area contributed by atoms with Crippen LogP contribution in [0.15, 0.2) is 58.5 Å². The number of amides is 3. The Hall–Kier alpha value is -4.18. The SMILES string of the molecule is Cc1ncsc1-c1ccc(C[C@H](C)NC(=O)[C@@H]2CCCN2C(=O)[C@@H](NC(=O)c2cc3cc(N)ccc3o2)C(C)(C)C)cc1. The molecule has 4 N–H and O–H groups in total. The summed E-state index contributed by atoms with van der Waals surface area (Å²) in [5, 5.41) is 6.71. The average molecular weight is 602 g/mol. The van der Waals surface area contributed by atoms with Gasteiger partial charge >= 0.3 is 0 Å². The standard InChI is InChI=1S/C33H39N5O4S/c1-19(15-21-8-10-22(11-9-21)28-20(2)35-18-43-28)36-30(39)25-7-6-14-38(25)32(41)29(33(3,4)5)37-31(40)27-17-23-16-24(34)12-13-26(23)42-27/h8-13,16-19,25,29H,6-7,14-15,34H2,1-5H3,(H,36,39)(H,37,40)/t19-,25-,29+/m0/s1. The number of thiazole rings is 1. The Morgan fingerprint density at radius 3 is 2.53 bits per heavy atom. The van der Waals surface area contributed by atoms with Crippen molar-refractivity contribution in [3.05, 3.63) is 71.1 Å². The van der Waals surface area contributed by atoms with Crippen molar-refractivity contribution < 1.29 is 18.8 Å². The number of aryl methyl sites for hydroxylation is 1. The van der Waals surface area contributed by atoms with Crippen LogP contribution in [-0.4, -0.2) is 52.3 Å². The van der Waals surface area contributed by atoms with Gasteiger partial charge in [0.1, 0.15) is 17.7 Å². The lowest BCUT2D eigenvalue weighted by molar-refractivity contribution is -0.142. The number of nitrogens with two attached hydrogens (primary N) is 1. The van der Waals surface area contributed by atoms with Gasteiger partial charge in [-0.1, -0.05) is 45.0 Å². The molecule has 0 aliphatic carbocycles. The van der Waals surface area contributed by atoms with Crippen molar-refractivity contribution in [2.24, 2.45) is 5.41 Å². The van der Waals surface area contributed by atoms with Crippen LogP contribution in [0.25, 0.3) is 21.4 Å². The molecule has 1 saturated heterocycles. The lowest BCUT2D eigenvalue weighted by Gasteiger charge is -2.35. The summed E-state index contributed by atoms with van der Waals surface area (Å²) in [7, 11) is 0. The molecule has 2 aromatic carbocycles. The van der Waals surface area contributed by atoms with Gasteiger partial charge in [0.2, 0.25) is 11.8 Å². The molecule has 0 radical (unpaired) electrons. The molecule has 1 fully saturated rings. The number of hydrogen-bond donors (Lipinski definition) is 3. The molecule has 1 aliphatic rings. The van der Waals surface area contributed by atoms with E-state index in [2.05, 4.69) is 39.9 Å². The number of hydrogen-bond acceptors (Lipinski definition) is 7. The number of furan rings is 1. The maximum absolute atomic E-state index is 13.9. The predicted molar refractivity (Wildman–Crippen MR) is 170 cm³/mol. The summed E-state index contributed by atoms with van der Waals surface area (Å²) in [5.74, 6) is -0.847. The lowest BCUT2D eigenvalue weighted by Crippen LogP contribution is -2.58. The summed E-state index contributed by atoms with van der Waals surface area (Å²) < 4.78 is 5.73. The highest BCUT2D eigenvalue weighted by Crippen LogP contribution is 2.29. The van der Waals surface area contributed by atoms with E-state index in [9.17, 15) is 14.4 Å². The van der Waals surface area contributed by atoms with Crippen LogP contribution in [0.5, 0.6) is 0 Å². The number of nitrogens with one attached hydrogen (secondary N) is 2. The van der Waals surface area contributed by atoms with Crippen molar-refractivity contribution >= 4 is 45.7 Å². The van der Waals surface area contributed by atoms with Crippen LogP contribution in [0, 0.1) is 12.3 Å². The largest absolute Gasteiger partial charge is 0.451 e. The third-order valence-electron chi connectivity index (χ3n) is 7.88. The Morgan fingerprint density at radius 1 is 1.12 bits per heavy atom. The zero-order valence-corrected chi connectivity index (χ0v) is 26.1. The fourth-order valence-corrected chi connectivity index (χ4v) is 6.42. The first-order chi connectivity index (χ1) is 20.4. The number of anilines is 1. The molecular weight excluding hydrogens is 562 g/mol. The molecular formula is C33H39N5O4S. The van der Waals surface area contributed by atoms with Crippen molar-refractivity contribution in [3.8, 4) is 10.4 Å². The zero-order valence-electron chi connectivity index (χ0n) is 25.3. The van der Waals surface area contributed by atoms with Gasteiger partial charge in [0.05, 0.1) is 16.1 Å². The number of nitrogens with zero attached hydrogens (tertiary/aromatic N) is 2. The topological polar surface area (TPSA) is 131 Å². The third kappa shape index (κ3) is 6.74. The Bertz CT molecular complexity index is 1630. The van der Waals surface area contributed by atoms with E-state index in [4.69, 9.17) is 10.2 Å². The smallest absolute Gasteiger partial charge is 0.287 e. The second-order valence-electron chi connectivity index (χ2n) is 12.4. The highest BCUT2D eigenvalue weighted by atomic mass is 32.1. The molecule has 226 valence electrons. The fourth-order valence-electron chi connectivity index (χ4n) is 5.61. The number of nitrogen functional groups attached to an aromatic ring is 1. The first-order valence-corrected chi connectivity index (χ1v) is 15.5. The van der Waals surface area contributed by atoms with Crippen molar-refractivity contribution in [1.29, 1.82) is 0 Å². The second-order valence-corrected chi connectivity index (χ2v) is 13.3. The molecule has 1 aliphatic heterocycles. The molecule has 3 atom stereocenters. The molecule has 5 rings (SSSR count). The Kier molecular flexibility index (Phi) is 8.59. The van der Waals surface area contributed by atoms with E-state index < -0.39 is 23.4 Å². The normalized spacial score (nSPS) is 16.7. The van der Waals surface area contributed by atoms with E-state index in [1.807, 2.05) is 40.1 Å². The Labute approximate surface area is 255 Å². The highest BCUT2D eigenvalue weighted by molar-refractivity contribution is 7.13. The van der Waals surface area contributed by atoms with Gasteiger partial charge in [0.25, 0.3) is 5.91 Å². The van der Waals surface area contributed by atoms with Gasteiger partial charge in [-0.05, 0) is 73.9 Å². The van der Waals surface area contributed by atoms with Crippen molar-refractivity contribution in [3.63, 3.8) is 0 Å². The van der Waals surface area contributed by atoms with Crippen LogP contribution < -0.4 is 16.4 Å². The molecule has 3 heterocycles. The van der Waals surface area contributed by atoms with Gasteiger partial charge in [0, 0.05) is 23.7 Å². The summed E-state index contributed by atoms with van der Waals surface area (Å²) in [4.78, 5) is 47.7. The predicted octanol–water partition coefficient (Wildman–Crippen LogP) is 5.33. The van der Waals surface area contributed by atoms with Crippen molar-refractivity contribution in [2.45, 2.75) is 72.0 Å². The summed E-state index contributed by atoms with van der Waals surface area (Å²) in [6.45, 7) is 10.1. The number of aromatic nitrogens is 1. The van der Waals surface area contributed by atoms with E-state index >= 15 is 0 Å². The number of likely N-dealkylation sites (tertiary alicyclic amines) is 1. The lowest BCUT2D eigenvalue weighted by atomic mass is 9.85. The van der Waals surface area contributed by atoms with Crippen molar-refractivity contribution in [1.82, 2.24) is 20.5 Å². The van der Waals surface area contributed by atoms with Gasteiger partial charge in [-0.15, -0.1) is 11.3 Å². The molecule has 9 nitrogen and oxygen atoms in total. The van der Waals surface area contributed by atoms with Crippen LogP contribution in [-0.2, 0) is 16.0 Å². The van der Waals surface area contributed by atoms with Gasteiger partial charge < -0.3 is 25.7 Å². The first-order valence-electron chi connectivity index (χ1n) is 14.6. The summed E-state index contributed by atoms with van der Waals surface area (Å²) in [6.07, 6.45) is 1.95. The molecule has 10 heteroatoms. The molecule has 43 heavy (non-hydrogen) atoms. The molecule has 0 unspecified atom stereocenters. The van der Waals surface area contributed by atoms with E-state index in [0.29, 0.717) is 42.5 Å². The second kappa shape index (κ2) is 12.2. The number of carbonyl (C=O) groups is 3. The van der Waals surface area contributed by atoms with Crippen LogP contribution in [0.3, 0.4) is 0 Å². The van der Waals surface area contributed by atoms with Crippen LogP contribution in [0.1, 0.15) is 62.3 Å². The molecule has 3 amide bonds. The third-order valence-corrected chi connectivity index (χ3v) is 8.86. The Morgan fingerprint density at radius 2 is 1.86 bits per heavy atom. The molecule has 4 aromatic rings. The summed E-state index contributed by atoms with van der Waals surface area (Å²) >= 11 is 1.62. The van der Waals surface area contributed by atoms with E-state index in [-0.39, 0.29) is 23.6 Å². The van der Waals surface area contributed by atoms with E-state index in [1.54, 1.807) is 40.5 Å². The van der Waals surface area contributed by atoms with Gasteiger partial charge in [-0.2, -0.15) is 0 Å². The van der Waals surface area contributed by atoms with Gasteiger partial charge in [0.15, 0.2) is 5.76 Å². The molecule has 0 spiro atoms. The summed E-state index contributed by atoms with van der Waals surface area (Å²) in [5.41, 5.74) is 11.5. The number of fused-ring (bicyclic) bond motifs is 1. The molecule has 0 saturated carbocycles. The van der Waals surface area contributed by atoms with E-state index in [1.165, 1.54) is 0 Å². The van der Waals surface area contributed by atoms with Crippen LogP contribution in [0.2, 0.25) is 0 Å². The van der Waals surface area contributed by atoms with Crippen LogP contribution in [0.4, 0.5) is 5.69 Å². The van der Waals surface area contributed by atoms with Crippen molar-refractivity contribution in [2.75, 3.05) is 12.3 Å². The maximum Gasteiger partial charge on any atom is 0.287 e. The van der Waals surface area contributed by atoms with Crippen LogP contribution >= 0.6 is 11.3 Å². The highest BCUT2D eigenvalue weighted by Gasteiger charge is 2.42. The minimum atomic E-state index is -0.857. The zero-order chi connectivity index (χ0) is 30.9. The first kappa shape index (κ1) is 30.3. The monoisotopic (exact) mass is 601 g/mol. The number of carbonyl (C=O) groups excluding carboxylic acids is 3. The fraction of sp³-hybridized carbons (Fsp3) is 0.394. The molecule has 2 aromatic heterocycles. The number of benzene rings is 2. The average Bonchev–Trinajstić information content (AvgIpc) is 3.70. The maximum atomic E-state index is 13.9. The van der Waals surface area contributed by atoms with Gasteiger partial charge in [-0.25, -0.2) is 4.98 Å². The minimum Gasteiger partial charge on any atom is -0.451 e. The Balaban J connectivity index is 1.23. The minimum absolute atomic E-state index is 0.0995. The number of rotatable bonds is 8. The quantitative estimate of drug-likeness (QED) is 0.234. The molecule has 0 bridgehead atoms. The van der Waals surface area contributed by atoms with E-state index in [0.717, 1.165) is 21.7 Å². The summed E-state index contributed by atoms with van der Waals surface area (Å²) in [6, 6.07) is 13.5.